The monoisotopic (exact) mass is 652 g/mol. The molecule has 4 rings (SSSR count). The Morgan fingerprint density at radius 3 is 2.05 bits per heavy atom. The number of hydrogen-bond acceptors (Lipinski definition) is 5. The van der Waals surface area contributed by atoms with Crippen LogP contribution in [-0.2, 0) is 0 Å². The summed E-state index contributed by atoms with van der Waals surface area (Å²) in [6, 6.07) is 21.5. The van der Waals surface area contributed by atoms with Crippen molar-refractivity contribution in [2.75, 3.05) is 27.2 Å². The summed E-state index contributed by atoms with van der Waals surface area (Å²) in [5.74, 6) is 0.639. The average Bonchev–Trinajstić information content (AvgIpc) is 3.05. The van der Waals surface area contributed by atoms with Crippen molar-refractivity contribution in [1.29, 1.82) is 0 Å². The number of nitrogens with one attached hydrogen (secondary N) is 2. The molecule has 1 heterocycles. The fourth-order valence-electron chi connectivity index (χ4n) is 3.48. The van der Waals surface area contributed by atoms with Crippen LogP contribution in [0.3, 0.4) is 0 Å². The molecule has 1 aliphatic rings. The van der Waals surface area contributed by atoms with Crippen LogP contribution < -0.4 is 20.7 Å². The molecule has 0 bridgehead atoms. The van der Waals surface area contributed by atoms with Crippen LogP contribution in [0.25, 0.3) is 0 Å². The Kier molecular flexibility index (Phi) is 18.8. The molecule has 0 unspecified atom stereocenters. The Bertz CT molecular complexity index is 1390. The van der Waals surface area contributed by atoms with Gasteiger partial charge in [0, 0.05) is 40.5 Å². The highest BCUT2D eigenvalue weighted by molar-refractivity contribution is 8.00. The molecule has 2 amide bonds. The Morgan fingerprint density at radius 2 is 1.52 bits per heavy atom. The van der Waals surface area contributed by atoms with Gasteiger partial charge in [-0.2, -0.15) is 0 Å². The fourth-order valence-corrected chi connectivity index (χ4v) is 4.81. The maximum atomic E-state index is 12.7. The molecule has 3 aromatic carbocycles. The van der Waals surface area contributed by atoms with Crippen molar-refractivity contribution in [2.24, 2.45) is 5.73 Å². The summed E-state index contributed by atoms with van der Waals surface area (Å²) in [6.07, 6.45) is 7.33. The number of anilines is 3. The van der Waals surface area contributed by atoms with Crippen LogP contribution in [0.2, 0.25) is 5.02 Å². The van der Waals surface area contributed by atoms with Gasteiger partial charge in [-0.15, -0.1) is 6.58 Å². The van der Waals surface area contributed by atoms with Crippen LogP contribution in [0, 0.1) is 0 Å². The number of carbonyl (C=O) groups excluding carboxylic acids is 2. The molecule has 4 N–H and O–H groups in total. The lowest BCUT2D eigenvalue weighted by molar-refractivity contribution is 0.101. The first kappa shape index (κ1) is 38.1. The second kappa shape index (κ2) is 21.7. The minimum atomic E-state index is -0.267. The third-order valence-corrected chi connectivity index (χ3v) is 7.37. The van der Waals surface area contributed by atoms with E-state index in [0.29, 0.717) is 38.3 Å². The number of amides is 2. The lowest BCUT2D eigenvalue weighted by Gasteiger charge is -2.27. The van der Waals surface area contributed by atoms with Crippen LogP contribution >= 0.6 is 35.1 Å². The van der Waals surface area contributed by atoms with Crippen molar-refractivity contribution in [2.45, 2.75) is 33.6 Å². The molecule has 0 atom stereocenters. The van der Waals surface area contributed by atoms with E-state index in [9.17, 15) is 9.59 Å². The van der Waals surface area contributed by atoms with Crippen LogP contribution in [0.15, 0.2) is 121 Å². The number of nitrogens with two attached hydrogens (primary N) is 1. The van der Waals surface area contributed by atoms with E-state index in [1.54, 1.807) is 60.7 Å². The molecule has 0 spiro atoms. The van der Waals surface area contributed by atoms with Crippen molar-refractivity contribution < 1.29 is 9.59 Å². The maximum Gasteiger partial charge on any atom is 0.255 e. The highest BCUT2D eigenvalue weighted by Crippen LogP contribution is 2.29. The van der Waals surface area contributed by atoms with E-state index in [1.165, 1.54) is 12.8 Å². The van der Waals surface area contributed by atoms with Crippen LogP contribution in [0.4, 0.5) is 17.1 Å². The smallest absolute Gasteiger partial charge is 0.255 e. The van der Waals surface area contributed by atoms with Crippen molar-refractivity contribution in [3.8, 4) is 0 Å². The zero-order valence-corrected chi connectivity index (χ0v) is 27.9. The molecule has 9 heteroatoms. The van der Waals surface area contributed by atoms with Gasteiger partial charge in [-0.1, -0.05) is 80.6 Å². The first-order chi connectivity index (χ1) is 21.2. The standard InChI is InChI=1S/C24H22ClN3O2S.C6H8ClN.C3H6.C2H6/c25-21-13-10-19(16-22(21)27-24(30)17-6-2-1-3-7-17)26-23(29)18-8-11-20(12-9-18)28-14-4-5-15-31-28;1-3-4-6(7)5(2)8;1-3-2;1-2/h1-3,6-13,16H,4-5,14-15H2,(H,26,29)(H,27,30);3-4H,1-2,8H2;3H,1H2,2H3;1-2H3/b;6-4+;;. The number of rotatable bonds is 7. The molecule has 0 aliphatic carbocycles. The lowest BCUT2D eigenvalue weighted by Crippen LogP contribution is -2.21. The summed E-state index contributed by atoms with van der Waals surface area (Å²) in [6.45, 7) is 17.1. The highest BCUT2D eigenvalue weighted by atomic mass is 35.5. The third-order valence-electron chi connectivity index (χ3n) is 5.50. The van der Waals surface area contributed by atoms with Gasteiger partial charge in [0.15, 0.2) is 0 Å². The van der Waals surface area contributed by atoms with E-state index in [-0.39, 0.29) is 11.8 Å². The maximum absolute atomic E-state index is 12.7. The van der Waals surface area contributed by atoms with Gasteiger partial charge in [0.2, 0.25) is 0 Å². The summed E-state index contributed by atoms with van der Waals surface area (Å²) in [7, 11) is 0. The Hall–Kier alpha value is -3.91. The van der Waals surface area contributed by atoms with Gasteiger partial charge in [0.05, 0.1) is 15.7 Å². The average molecular weight is 654 g/mol. The van der Waals surface area contributed by atoms with Gasteiger partial charge in [0.25, 0.3) is 11.8 Å². The summed E-state index contributed by atoms with van der Waals surface area (Å²) in [5.41, 5.74) is 8.74. The molecule has 1 aliphatic heterocycles. The molecular weight excluding hydrogens is 611 g/mol. The normalized spacial score (nSPS) is 11.9. The zero-order chi connectivity index (χ0) is 32.9. The summed E-state index contributed by atoms with van der Waals surface area (Å²) >= 11 is 13.5. The predicted octanol–water partition coefficient (Wildman–Crippen LogP) is 10.1. The quantitative estimate of drug-likeness (QED) is 0.134. The Labute approximate surface area is 276 Å². The number of allylic oxidation sites excluding steroid dienone is 4. The van der Waals surface area contributed by atoms with Gasteiger partial charge >= 0.3 is 0 Å². The van der Waals surface area contributed by atoms with Gasteiger partial charge in [-0.05, 0) is 92.4 Å². The largest absolute Gasteiger partial charge is 0.398 e. The molecule has 0 saturated carbocycles. The number of halogens is 2. The summed E-state index contributed by atoms with van der Waals surface area (Å²) in [5, 5.41) is 6.50. The zero-order valence-electron chi connectivity index (χ0n) is 25.6. The first-order valence-electron chi connectivity index (χ1n) is 14.2. The molecule has 0 radical (unpaired) electrons. The molecule has 0 aromatic heterocycles. The Morgan fingerprint density at radius 1 is 0.932 bits per heavy atom. The van der Waals surface area contributed by atoms with Gasteiger partial charge in [0.1, 0.15) is 0 Å². The molecule has 1 saturated heterocycles. The van der Waals surface area contributed by atoms with Crippen LogP contribution in [-0.4, -0.2) is 24.1 Å². The Balaban J connectivity index is 0.000000634. The van der Waals surface area contributed by atoms with Gasteiger partial charge in [-0.25, -0.2) is 0 Å². The van der Waals surface area contributed by atoms with E-state index in [1.807, 2.05) is 63.1 Å². The van der Waals surface area contributed by atoms with E-state index in [0.717, 1.165) is 18.0 Å². The second-order valence-electron chi connectivity index (χ2n) is 8.84. The molecule has 1 fully saturated rings. The SMILES string of the molecule is C=C/C=C(/Cl)C(=C)N.C=CC.CC.O=C(Nc1ccc(Cl)c(NC(=O)c2ccccc2)c1)c1ccc(N2CCCCS2)cc1. The summed E-state index contributed by atoms with van der Waals surface area (Å²) < 4.78 is 2.27. The number of nitrogens with zero attached hydrogens (tertiary/aromatic N) is 1. The highest BCUT2D eigenvalue weighted by Gasteiger charge is 2.14. The van der Waals surface area contributed by atoms with Crippen molar-refractivity contribution in [3.63, 3.8) is 0 Å². The molecule has 44 heavy (non-hydrogen) atoms. The van der Waals surface area contributed by atoms with E-state index in [2.05, 4.69) is 34.7 Å². The summed E-state index contributed by atoms with van der Waals surface area (Å²) in [4.78, 5) is 25.1. The number of benzene rings is 3. The third kappa shape index (κ3) is 13.6. The first-order valence-corrected chi connectivity index (χ1v) is 15.9. The molecular formula is C35H42Cl2N4O2S. The number of carbonyl (C=O) groups is 2. The van der Waals surface area contributed by atoms with E-state index < -0.39 is 0 Å². The van der Waals surface area contributed by atoms with Gasteiger partial charge in [-0.3, -0.25) is 9.59 Å². The van der Waals surface area contributed by atoms with Crippen LogP contribution in [0.1, 0.15) is 54.3 Å². The minimum Gasteiger partial charge on any atom is -0.398 e. The minimum absolute atomic E-state index is 0.222. The molecule has 234 valence electrons. The van der Waals surface area contributed by atoms with Crippen LogP contribution in [0.5, 0.6) is 0 Å². The van der Waals surface area contributed by atoms with Crippen molar-refractivity contribution in [1.82, 2.24) is 0 Å². The lowest BCUT2D eigenvalue weighted by atomic mass is 10.1. The van der Waals surface area contributed by atoms with Crippen molar-refractivity contribution >= 4 is 64.0 Å². The predicted molar refractivity (Wildman–Crippen MR) is 194 cm³/mol. The molecule has 6 nitrogen and oxygen atoms in total. The number of hydrogen-bond donors (Lipinski definition) is 3. The second-order valence-corrected chi connectivity index (χ2v) is 10.8. The van der Waals surface area contributed by atoms with E-state index in [4.69, 9.17) is 28.9 Å². The van der Waals surface area contributed by atoms with Gasteiger partial charge < -0.3 is 20.7 Å². The fraction of sp³-hybridized carbons (Fsp3) is 0.200. The topological polar surface area (TPSA) is 87.5 Å². The van der Waals surface area contributed by atoms with E-state index >= 15 is 0 Å². The molecule has 3 aromatic rings. The van der Waals surface area contributed by atoms with Crippen molar-refractivity contribution in [3.05, 3.63) is 138 Å².